The average molecular weight is 297 g/mol. The van der Waals surface area contributed by atoms with Gasteiger partial charge in [0.05, 0.1) is 18.2 Å². The highest BCUT2D eigenvalue weighted by Crippen LogP contribution is 2.37. The zero-order valence-corrected chi connectivity index (χ0v) is 10.8. The van der Waals surface area contributed by atoms with Gasteiger partial charge in [0.15, 0.2) is 0 Å². The van der Waals surface area contributed by atoms with E-state index in [1.807, 2.05) is 0 Å². The number of esters is 1. The van der Waals surface area contributed by atoms with Gasteiger partial charge in [0, 0.05) is 17.8 Å². The molecule has 21 heavy (non-hydrogen) atoms. The van der Waals surface area contributed by atoms with E-state index in [0.29, 0.717) is 0 Å². The molecule has 110 valence electrons. The molecule has 0 atom stereocenters. The molecule has 0 aliphatic heterocycles. The normalized spacial score (nSPS) is 11.2. The van der Waals surface area contributed by atoms with Crippen LogP contribution in [0.5, 0.6) is 0 Å². The standard InChI is InChI=1S/C14H10F3NO3/c1-21-13(20)9-6-12(19)18-7-10(9)8-4-2-3-5-11(8)14(15,16)17/h2-7H,1H3,(H,18,19). The number of ether oxygens (including phenoxy) is 1. The minimum Gasteiger partial charge on any atom is -0.465 e. The van der Waals surface area contributed by atoms with Gasteiger partial charge in [-0.25, -0.2) is 4.79 Å². The number of carbonyl (C=O) groups is 1. The SMILES string of the molecule is COC(=O)c1cc(=O)[nH]cc1-c1ccccc1C(F)(F)F. The van der Waals surface area contributed by atoms with E-state index >= 15 is 0 Å². The van der Waals surface area contributed by atoms with Crippen LogP contribution < -0.4 is 5.56 Å². The summed E-state index contributed by atoms with van der Waals surface area (Å²) in [5, 5.41) is 0. The van der Waals surface area contributed by atoms with Gasteiger partial charge >= 0.3 is 12.1 Å². The van der Waals surface area contributed by atoms with Crippen molar-refractivity contribution in [1.29, 1.82) is 0 Å². The zero-order chi connectivity index (χ0) is 15.6. The molecule has 0 saturated heterocycles. The minimum absolute atomic E-state index is 0.0469. The molecule has 0 fully saturated rings. The number of hydrogen-bond donors (Lipinski definition) is 1. The fourth-order valence-electron chi connectivity index (χ4n) is 1.94. The lowest BCUT2D eigenvalue weighted by Crippen LogP contribution is -2.14. The fourth-order valence-corrected chi connectivity index (χ4v) is 1.94. The molecular formula is C14H10F3NO3. The first-order valence-corrected chi connectivity index (χ1v) is 5.82. The average Bonchev–Trinajstić information content (AvgIpc) is 2.45. The van der Waals surface area contributed by atoms with E-state index in [9.17, 15) is 22.8 Å². The molecule has 0 radical (unpaired) electrons. The maximum atomic E-state index is 13.0. The summed E-state index contributed by atoms with van der Waals surface area (Å²) >= 11 is 0. The van der Waals surface area contributed by atoms with Crippen molar-refractivity contribution in [3.05, 3.63) is 58.0 Å². The van der Waals surface area contributed by atoms with Crippen molar-refractivity contribution in [3.8, 4) is 11.1 Å². The number of H-pyrrole nitrogens is 1. The van der Waals surface area contributed by atoms with Crippen LogP contribution in [0.1, 0.15) is 15.9 Å². The van der Waals surface area contributed by atoms with Crippen LogP contribution in [0.15, 0.2) is 41.3 Å². The smallest absolute Gasteiger partial charge is 0.417 e. The van der Waals surface area contributed by atoms with Crippen molar-refractivity contribution >= 4 is 5.97 Å². The van der Waals surface area contributed by atoms with E-state index in [1.54, 1.807) is 0 Å². The molecule has 0 aliphatic rings. The summed E-state index contributed by atoms with van der Waals surface area (Å²) in [6, 6.07) is 5.70. The van der Waals surface area contributed by atoms with E-state index in [-0.39, 0.29) is 16.7 Å². The minimum atomic E-state index is -4.58. The summed E-state index contributed by atoms with van der Waals surface area (Å²) < 4.78 is 43.6. The first kappa shape index (κ1) is 14.8. The Morgan fingerprint density at radius 2 is 1.86 bits per heavy atom. The Kier molecular flexibility index (Phi) is 3.84. The van der Waals surface area contributed by atoms with Crippen LogP contribution in [0.25, 0.3) is 11.1 Å². The third kappa shape index (κ3) is 2.96. The number of rotatable bonds is 2. The van der Waals surface area contributed by atoms with Crippen LogP contribution in [-0.2, 0) is 10.9 Å². The van der Waals surface area contributed by atoms with Crippen molar-refractivity contribution in [1.82, 2.24) is 4.98 Å². The Labute approximate surface area is 117 Å². The van der Waals surface area contributed by atoms with E-state index in [1.165, 1.54) is 18.2 Å². The molecule has 2 aromatic rings. The van der Waals surface area contributed by atoms with Crippen molar-refractivity contribution in [2.24, 2.45) is 0 Å². The number of pyridine rings is 1. The number of alkyl halides is 3. The second-order valence-corrected chi connectivity index (χ2v) is 4.16. The Morgan fingerprint density at radius 1 is 1.19 bits per heavy atom. The molecule has 0 aliphatic carbocycles. The van der Waals surface area contributed by atoms with E-state index in [2.05, 4.69) is 9.72 Å². The molecular weight excluding hydrogens is 287 g/mol. The van der Waals surface area contributed by atoms with Crippen LogP contribution in [0.3, 0.4) is 0 Å². The second kappa shape index (κ2) is 5.43. The van der Waals surface area contributed by atoms with E-state index < -0.39 is 23.3 Å². The van der Waals surface area contributed by atoms with Gasteiger partial charge < -0.3 is 9.72 Å². The molecule has 1 N–H and O–H groups in total. The maximum absolute atomic E-state index is 13.0. The molecule has 2 rings (SSSR count). The van der Waals surface area contributed by atoms with Crippen LogP contribution in [0.2, 0.25) is 0 Å². The van der Waals surface area contributed by atoms with Crippen LogP contribution in [0.4, 0.5) is 13.2 Å². The topological polar surface area (TPSA) is 59.2 Å². The Balaban J connectivity index is 2.74. The van der Waals surface area contributed by atoms with Crippen molar-refractivity contribution in [2.45, 2.75) is 6.18 Å². The number of aromatic nitrogens is 1. The Hall–Kier alpha value is -2.57. The summed E-state index contributed by atoms with van der Waals surface area (Å²) in [6.45, 7) is 0. The highest BCUT2D eigenvalue weighted by molar-refractivity contribution is 5.97. The summed E-state index contributed by atoms with van der Waals surface area (Å²) in [7, 11) is 1.09. The Morgan fingerprint density at radius 3 is 2.48 bits per heavy atom. The third-order valence-electron chi connectivity index (χ3n) is 2.85. The highest BCUT2D eigenvalue weighted by atomic mass is 19.4. The number of benzene rings is 1. The van der Waals surface area contributed by atoms with Gasteiger partial charge in [-0.15, -0.1) is 0 Å². The van der Waals surface area contributed by atoms with Gasteiger partial charge in [-0.05, 0) is 11.6 Å². The molecule has 1 aromatic heterocycles. The van der Waals surface area contributed by atoms with Crippen LogP contribution in [-0.4, -0.2) is 18.1 Å². The predicted octanol–water partition coefficient (Wildman–Crippen LogP) is 2.85. The lowest BCUT2D eigenvalue weighted by Gasteiger charge is -2.14. The van der Waals surface area contributed by atoms with Gasteiger partial charge in [0.1, 0.15) is 0 Å². The number of carbonyl (C=O) groups excluding carboxylic acids is 1. The molecule has 0 unspecified atom stereocenters. The highest BCUT2D eigenvalue weighted by Gasteiger charge is 2.34. The molecule has 1 heterocycles. The summed E-state index contributed by atoms with van der Waals surface area (Å²) in [4.78, 5) is 25.2. The summed E-state index contributed by atoms with van der Waals surface area (Å²) in [5.41, 5.74) is -1.99. The molecule has 0 saturated carbocycles. The molecule has 7 heteroatoms. The largest absolute Gasteiger partial charge is 0.465 e. The number of halogens is 3. The van der Waals surface area contributed by atoms with E-state index in [4.69, 9.17) is 0 Å². The summed E-state index contributed by atoms with van der Waals surface area (Å²) in [6.07, 6.45) is -3.51. The van der Waals surface area contributed by atoms with Gasteiger partial charge in [0.25, 0.3) is 0 Å². The lowest BCUT2D eigenvalue weighted by atomic mass is 9.97. The monoisotopic (exact) mass is 297 g/mol. The number of aromatic amines is 1. The first-order valence-electron chi connectivity index (χ1n) is 5.82. The second-order valence-electron chi connectivity index (χ2n) is 4.16. The zero-order valence-electron chi connectivity index (χ0n) is 10.8. The third-order valence-corrected chi connectivity index (χ3v) is 2.85. The summed E-state index contributed by atoms with van der Waals surface area (Å²) in [5.74, 6) is -0.881. The predicted molar refractivity (Wildman–Crippen MR) is 68.8 cm³/mol. The van der Waals surface area contributed by atoms with Crippen molar-refractivity contribution in [2.75, 3.05) is 7.11 Å². The first-order chi connectivity index (χ1) is 9.84. The molecule has 0 bridgehead atoms. The number of nitrogens with one attached hydrogen (secondary N) is 1. The van der Waals surface area contributed by atoms with Crippen LogP contribution in [0, 0.1) is 0 Å². The van der Waals surface area contributed by atoms with Crippen LogP contribution >= 0.6 is 0 Å². The van der Waals surface area contributed by atoms with Crippen molar-refractivity contribution < 1.29 is 22.7 Å². The fraction of sp³-hybridized carbons (Fsp3) is 0.143. The maximum Gasteiger partial charge on any atom is 0.417 e. The number of methoxy groups -OCH3 is 1. The molecule has 1 aromatic carbocycles. The van der Waals surface area contributed by atoms with Gasteiger partial charge in [0.2, 0.25) is 5.56 Å². The lowest BCUT2D eigenvalue weighted by molar-refractivity contribution is -0.137. The quantitative estimate of drug-likeness (QED) is 0.867. The molecule has 4 nitrogen and oxygen atoms in total. The van der Waals surface area contributed by atoms with Gasteiger partial charge in [-0.2, -0.15) is 13.2 Å². The molecule has 0 amide bonds. The number of hydrogen-bond acceptors (Lipinski definition) is 3. The van der Waals surface area contributed by atoms with Gasteiger partial charge in [-0.3, -0.25) is 4.79 Å². The van der Waals surface area contributed by atoms with Gasteiger partial charge in [-0.1, -0.05) is 18.2 Å². The van der Waals surface area contributed by atoms with Crippen molar-refractivity contribution in [3.63, 3.8) is 0 Å². The van der Waals surface area contributed by atoms with E-state index in [0.717, 1.165) is 25.4 Å². The molecule has 0 spiro atoms. The Bertz CT molecular complexity index is 735.